The van der Waals surface area contributed by atoms with E-state index >= 15 is 0 Å². The van der Waals surface area contributed by atoms with Crippen LogP contribution >= 0.6 is 0 Å². The zero-order chi connectivity index (χ0) is 6.55. The molecule has 0 radical (unpaired) electrons. The van der Waals surface area contributed by atoms with Gasteiger partial charge in [-0.2, -0.15) is 0 Å². The van der Waals surface area contributed by atoms with Crippen LogP contribution in [0.5, 0.6) is 0 Å². The smallest absolute Gasteiger partial charge is 0.0380 e. The Balaban J connectivity index is 1.94. The van der Waals surface area contributed by atoms with Gasteiger partial charge >= 0.3 is 0 Å². The van der Waals surface area contributed by atoms with Crippen LogP contribution in [0.25, 0.3) is 0 Å². The van der Waals surface area contributed by atoms with Gasteiger partial charge in [0.25, 0.3) is 0 Å². The van der Waals surface area contributed by atoms with E-state index in [-0.39, 0.29) is 0 Å². The van der Waals surface area contributed by atoms with E-state index in [9.17, 15) is 0 Å². The minimum absolute atomic E-state index is 1.17. The first-order chi connectivity index (χ1) is 4.92. The van der Waals surface area contributed by atoms with E-state index in [1.807, 2.05) is 0 Å². The minimum atomic E-state index is 1.17. The van der Waals surface area contributed by atoms with Crippen molar-refractivity contribution in [2.45, 2.75) is 38.5 Å². The average molecular weight is 136 g/mol. The van der Waals surface area contributed by atoms with Crippen molar-refractivity contribution in [3.8, 4) is 0 Å². The summed E-state index contributed by atoms with van der Waals surface area (Å²) < 4.78 is 0. The molecule has 3 fully saturated rings. The second kappa shape index (κ2) is 1.78. The van der Waals surface area contributed by atoms with Gasteiger partial charge in [0.05, 0.1) is 0 Å². The molecule has 3 aliphatic carbocycles. The summed E-state index contributed by atoms with van der Waals surface area (Å²) in [6.07, 6.45) is 9.61. The van der Waals surface area contributed by atoms with E-state index in [2.05, 4.69) is 0 Å². The fourth-order valence-electron chi connectivity index (χ4n) is 3.85. The van der Waals surface area contributed by atoms with Crippen LogP contribution < -0.4 is 0 Å². The highest BCUT2D eigenvalue weighted by Gasteiger charge is 2.43. The highest BCUT2D eigenvalue weighted by molar-refractivity contribution is 4.94. The van der Waals surface area contributed by atoms with Crippen LogP contribution in [0, 0.1) is 23.7 Å². The molecule has 0 N–H and O–H groups in total. The van der Waals surface area contributed by atoms with Gasteiger partial charge in [0.15, 0.2) is 0 Å². The van der Waals surface area contributed by atoms with E-state index in [1.54, 1.807) is 38.5 Å². The largest absolute Gasteiger partial charge is 0.0502 e. The predicted octanol–water partition coefficient (Wildman–Crippen LogP) is 2.83. The molecule has 4 unspecified atom stereocenters. The fourth-order valence-corrected chi connectivity index (χ4v) is 3.85. The Morgan fingerprint density at radius 1 is 0.600 bits per heavy atom. The van der Waals surface area contributed by atoms with Gasteiger partial charge in [-0.25, -0.2) is 0 Å². The van der Waals surface area contributed by atoms with Crippen LogP contribution in [-0.2, 0) is 0 Å². The Hall–Kier alpha value is 0. The zero-order valence-corrected chi connectivity index (χ0v) is 6.55. The molecule has 3 rings (SSSR count). The molecule has 0 heterocycles. The summed E-state index contributed by atoms with van der Waals surface area (Å²) in [6, 6.07) is 0. The summed E-state index contributed by atoms with van der Waals surface area (Å²) in [5.74, 6) is 4.72. The normalized spacial score (nSPS) is 57.6. The lowest BCUT2D eigenvalue weighted by Gasteiger charge is -2.33. The number of rotatable bonds is 0. The zero-order valence-electron chi connectivity index (χ0n) is 6.55. The van der Waals surface area contributed by atoms with E-state index in [0.29, 0.717) is 0 Å². The third-order valence-corrected chi connectivity index (χ3v) is 4.19. The standard InChI is InChI=1S/C10H16/c1-2-9-5-8-3-7(1)4-10(9)6-8/h7-10H,1-6H2. The van der Waals surface area contributed by atoms with Gasteiger partial charge < -0.3 is 0 Å². The van der Waals surface area contributed by atoms with E-state index in [1.165, 1.54) is 23.7 Å². The second-order valence-electron chi connectivity index (χ2n) is 4.77. The Morgan fingerprint density at radius 3 is 2.40 bits per heavy atom. The lowest BCUT2D eigenvalue weighted by atomic mass is 9.72. The summed E-state index contributed by atoms with van der Waals surface area (Å²) in [5, 5.41) is 0. The van der Waals surface area contributed by atoms with Gasteiger partial charge in [-0.05, 0) is 55.8 Å². The minimum Gasteiger partial charge on any atom is -0.0502 e. The summed E-state index contributed by atoms with van der Waals surface area (Å²) in [4.78, 5) is 0. The maximum absolute atomic E-state index is 1.61. The Kier molecular flexibility index (Phi) is 1.00. The van der Waals surface area contributed by atoms with Crippen molar-refractivity contribution in [1.29, 1.82) is 0 Å². The van der Waals surface area contributed by atoms with Gasteiger partial charge in [-0.1, -0.05) is 6.42 Å². The third kappa shape index (κ3) is 0.627. The SMILES string of the molecule is C1CC2CC3CC1CC2C3. The average Bonchev–Trinajstić information content (AvgIpc) is 2.11. The molecule has 3 saturated carbocycles. The summed E-state index contributed by atoms with van der Waals surface area (Å²) in [6.45, 7) is 0. The number of hydrogen-bond acceptors (Lipinski definition) is 0. The van der Waals surface area contributed by atoms with Crippen molar-refractivity contribution < 1.29 is 0 Å². The summed E-state index contributed by atoms with van der Waals surface area (Å²) in [5.41, 5.74) is 0. The molecule has 0 aromatic rings. The molecule has 0 aromatic heterocycles. The molecule has 0 aliphatic heterocycles. The molecule has 4 atom stereocenters. The number of fused-ring (bicyclic) bond motifs is 2. The highest BCUT2D eigenvalue weighted by Crippen LogP contribution is 2.54. The molecular weight excluding hydrogens is 120 g/mol. The third-order valence-electron chi connectivity index (χ3n) is 4.19. The van der Waals surface area contributed by atoms with Crippen LogP contribution in [-0.4, -0.2) is 0 Å². The van der Waals surface area contributed by atoms with Crippen molar-refractivity contribution in [3.63, 3.8) is 0 Å². The summed E-state index contributed by atoms with van der Waals surface area (Å²) in [7, 11) is 0. The number of hydrogen-bond donors (Lipinski definition) is 0. The topological polar surface area (TPSA) is 0 Å². The predicted molar refractivity (Wildman–Crippen MR) is 41.7 cm³/mol. The monoisotopic (exact) mass is 136 g/mol. The molecule has 0 saturated heterocycles. The maximum Gasteiger partial charge on any atom is -0.0380 e. The lowest BCUT2D eigenvalue weighted by molar-refractivity contribution is 0.177. The molecule has 10 heavy (non-hydrogen) atoms. The molecule has 0 heteroatoms. The van der Waals surface area contributed by atoms with Crippen LogP contribution in [0.4, 0.5) is 0 Å². The van der Waals surface area contributed by atoms with Crippen LogP contribution in [0.1, 0.15) is 38.5 Å². The molecule has 0 amide bonds. The van der Waals surface area contributed by atoms with Crippen molar-refractivity contribution >= 4 is 0 Å². The summed E-state index contributed by atoms with van der Waals surface area (Å²) >= 11 is 0. The molecule has 3 bridgehead atoms. The fraction of sp³-hybridized carbons (Fsp3) is 1.00. The molecular formula is C10H16. The lowest BCUT2D eigenvalue weighted by Crippen LogP contribution is -2.22. The molecule has 0 aromatic carbocycles. The quantitative estimate of drug-likeness (QED) is 0.480. The van der Waals surface area contributed by atoms with E-state index < -0.39 is 0 Å². The van der Waals surface area contributed by atoms with Crippen molar-refractivity contribution in [3.05, 3.63) is 0 Å². The first-order valence-electron chi connectivity index (χ1n) is 4.92. The second-order valence-corrected chi connectivity index (χ2v) is 4.77. The van der Waals surface area contributed by atoms with Crippen molar-refractivity contribution in [2.75, 3.05) is 0 Å². The van der Waals surface area contributed by atoms with Gasteiger partial charge in [-0.3, -0.25) is 0 Å². The Morgan fingerprint density at radius 2 is 1.40 bits per heavy atom. The molecule has 3 aliphatic rings. The van der Waals surface area contributed by atoms with Gasteiger partial charge in [0, 0.05) is 0 Å². The van der Waals surface area contributed by atoms with Crippen LogP contribution in [0.2, 0.25) is 0 Å². The van der Waals surface area contributed by atoms with E-state index in [0.717, 1.165) is 0 Å². The van der Waals surface area contributed by atoms with Gasteiger partial charge in [0.2, 0.25) is 0 Å². The van der Waals surface area contributed by atoms with Crippen LogP contribution in [0.3, 0.4) is 0 Å². The van der Waals surface area contributed by atoms with Crippen molar-refractivity contribution in [1.82, 2.24) is 0 Å². The van der Waals surface area contributed by atoms with E-state index in [4.69, 9.17) is 0 Å². The van der Waals surface area contributed by atoms with Gasteiger partial charge in [-0.15, -0.1) is 0 Å². The maximum atomic E-state index is 1.61. The first-order valence-corrected chi connectivity index (χ1v) is 4.92. The van der Waals surface area contributed by atoms with Gasteiger partial charge in [0.1, 0.15) is 0 Å². The molecule has 0 nitrogen and oxygen atoms in total. The van der Waals surface area contributed by atoms with Crippen LogP contribution in [0.15, 0.2) is 0 Å². The highest BCUT2D eigenvalue weighted by atomic mass is 14.5. The first kappa shape index (κ1) is 5.62. The Labute approximate surface area is 63.0 Å². The molecule has 56 valence electrons. The Bertz CT molecular complexity index is 140. The molecule has 0 spiro atoms. The van der Waals surface area contributed by atoms with Crippen molar-refractivity contribution in [2.24, 2.45) is 23.7 Å².